The highest BCUT2D eigenvalue weighted by atomic mass is 16.5. The zero-order valence-electron chi connectivity index (χ0n) is 10.4. The highest BCUT2D eigenvalue weighted by Gasteiger charge is 2.13. The molecule has 0 bridgehead atoms. The Balaban J connectivity index is 3.02. The van der Waals surface area contributed by atoms with Crippen LogP contribution in [0.5, 0.6) is 5.75 Å². The van der Waals surface area contributed by atoms with Crippen LogP contribution in [0.1, 0.15) is 25.8 Å². The van der Waals surface area contributed by atoms with E-state index in [9.17, 15) is 0 Å². The molecule has 0 atom stereocenters. The Labute approximate surface area is 102 Å². The molecule has 0 saturated carbocycles. The normalized spacial score (nSPS) is 12.1. The molecule has 4 nitrogen and oxygen atoms in total. The Morgan fingerprint density at radius 2 is 2.06 bits per heavy atom. The van der Waals surface area contributed by atoms with Gasteiger partial charge in [-0.25, -0.2) is 0 Å². The van der Waals surface area contributed by atoms with E-state index in [1.807, 2.05) is 20.8 Å². The molecule has 0 aromatic heterocycles. The summed E-state index contributed by atoms with van der Waals surface area (Å²) in [5, 5.41) is 18.2. The summed E-state index contributed by atoms with van der Waals surface area (Å²) in [6.07, 6.45) is 0.813. The van der Waals surface area contributed by atoms with E-state index in [1.165, 1.54) is 0 Å². The first-order chi connectivity index (χ1) is 7.95. The van der Waals surface area contributed by atoms with Gasteiger partial charge in [0.25, 0.3) is 0 Å². The number of nitrogens with two attached hydrogens (primary N) is 1. The summed E-state index contributed by atoms with van der Waals surface area (Å²) in [6, 6.07) is 4.98. The van der Waals surface area contributed by atoms with Crippen molar-refractivity contribution in [1.29, 1.82) is 0 Å². The van der Waals surface area contributed by atoms with Crippen LogP contribution in [0.4, 0.5) is 0 Å². The summed E-state index contributed by atoms with van der Waals surface area (Å²) in [5.74, 6) is 0.904. The van der Waals surface area contributed by atoms with Crippen molar-refractivity contribution < 1.29 is 14.8 Å². The molecule has 0 spiro atoms. The largest absolute Gasteiger partial charge is 0.488 e. The summed E-state index contributed by atoms with van der Waals surface area (Å²) in [6.45, 7) is 5.76. The summed E-state index contributed by atoms with van der Waals surface area (Å²) in [5.41, 5.74) is 8.02. The summed E-state index contributed by atoms with van der Waals surface area (Å²) >= 11 is 0. The molecule has 0 radical (unpaired) electrons. The molecule has 0 heterocycles. The Kier molecular flexibility index (Phi) is 4.60. The number of allylic oxidation sites excluding steroid dienone is 1. The molecule has 0 unspecified atom stereocenters. The van der Waals surface area contributed by atoms with Gasteiger partial charge in [-0.2, -0.15) is 0 Å². The minimum Gasteiger partial charge on any atom is -0.441 e. The number of aryl methyl sites for hydroxylation is 1. The van der Waals surface area contributed by atoms with Gasteiger partial charge in [0.15, 0.2) is 5.88 Å². The number of benzene rings is 1. The monoisotopic (exact) mass is 235 g/mol. The Hall–Kier alpha value is -1.46. The quantitative estimate of drug-likeness (QED) is 0.529. The molecule has 1 rings (SSSR count). The smallest absolute Gasteiger partial charge is 0.441 e. The summed E-state index contributed by atoms with van der Waals surface area (Å²) in [4.78, 5) is 0. The predicted octanol–water partition coefficient (Wildman–Crippen LogP) is 0.654. The number of rotatable bonds is 4. The van der Waals surface area contributed by atoms with Crippen molar-refractivity contribution in [3.8, 4) is 5.75 Å². The van der Waals surface area contributed by atoms with Crippen LogP contribution >= 0.6 is 0 Å². The molecular formula is C12H18BNO3. The van der Waals surface area contributed by atoms with E-state index < -0.39 is 7.12 Å². The first-order valence-electron chi connectivity index (χ1n) is 5.55. The van der Waals surface area contributed by atoms with E-state index in [1.54, 1.807) is 18.2 Å². The molecule has 0 aliphatic heterocycles. The van der Waals surface area contributed by atoms with E-state index in [-0.39, 0.29) is 0 Å². The second-order valence-corrected chi connectivity index (χ2v) is 4.00. The molecule has 0 saturated heterocycles. The fraction of sp³-hybridized carbons (Fsp3) is 0.333. The number of hydrogen-bond acceptors (Lipinski definition) is 4. The number of hydrogen-bond donors (Lipinski definition) is 3. The predicted molar refractivity (Wildman–Crippen MR) is 68.8 cm³/mol. The fourth-order valence-corrected chi connectivity index (χ4v) is 1.27. The molecule has 1 aromatic carbocycles. The van der Waals surface area contributed by atoms with Gasteiger partial charge in [-0.1, -0.05) is 19.1 Å². The maximum Gasteiger partial charge on any atom is 0.488 e. The molecule has 0 amide bonds. The van der Waals surface area contributed by atoms with E-state index in [4.69, 9.17) is 20.5 Å². The fourth-order valence-electron chi connectivity index (χ4n) is 1.27. The van der Waals surface area contributed by atoms with E-state index >= 15 is 0 Å². The number of ether oxygens (including phenoxy) is 1. The minimum atomic E-state index is -1.50. The van der Waals surface area contributed by atoms with Crippen molar-refractivity contribution in [2.24, 2.45) is 5.73 Å². The first-order valence-corrected chi connectivity index (χ1v) is 5.55. The van der Waals surface area contributed by atoms with Gasteiger partial charge in [0.1, 0.15) is 5.75 Å². The average Bonchev–Trinajstić information content (AvgIpc) is 2.30. The van der Waals surface area contributed by atoms with Crippen LogP contribution in [0.3, 0.4) is 0 Å². The van der Waals surface area contributed by atoms with Crippen molar-refractivity contribution in [2.45, 2.75) is 27.2 Å². The SMILES string of the molecule is CCC(C)=C(N)Oc1cc(B(O)O)ccc1C. The van der Waals surface area contributed by atoms with E-state index in [0.717, 1.165) is 17.6 Å². The Morgan fingerprint density at radius 3 is 2.59 bits per heavy atom. The second kappa shape index (κ2) is 5.75. The Bertz CT molecular complexity index is 430. The molecular weight excluding hydrogens is 217 g/mol. The first kappa shape index (κ1) is 13.6. The van der Waals surface area contributed by atoms with Crippen LogP contribution in [0.15, 0.2) is 29.7 Å². The molecule has 0 fully saturated rings. The lowest BCUT2D eigenvalue weighted by atomic mass is 9.80. The average molecular weight is 235 g/mol. The molecule has 4 N–H and O–H groups in total. The van der Waals surface area contributed by atoms with Crippen LogP contribution in [0.25, 0.3) is 0 Å². The maximum atomic E-state index is 9.09. The highest BCUT2D eigenvalue weighted by molar-refractivity contribution is 6.58. The van der Waals surface area contributed by atoms with Gasteiger partial charge in [-0.15, -0.1) is 0 Å². The van der Waals surface area contributed by atoms with Crippen molar-refractivity contribution >= 4 is 12.6 Å². The molecule has 5 heteroatoms. The maximum absolute atomic E-state index is 9.09. The van der Waals surface area contributed by atoms with Crippen LogP contribution in [0.2, 0.25) is 0 Å². The summed E-state index contributed by atoms with van der Waals surface area (Å²) < 4.78 is 5.52. The molecule has 0 aliphatic carbocycles. The molecule has 0 aliphatic rings. The lowest BCUT2D eigenvalue weighted by molar-refractivity contribution is 0.406. The van der Waals surface area contributed by atoms with Crippen molar-refractivity contribution in [3.05, 3.63) is 35.2 Å². The second-order valence-electron chi connectivity index (χ2n) is 4.00. The standard InChI is InChI=1S/C12H18BNO3/c1-4-8(2)12(14)17-11-7-10(13(15)16)6-5-9(11)3/h5-7,15-16H,4,14H2,1-3H3. The molecule has 17 heavy (non-hydrogen) atoms. The third kappa shape index (κ3) is 3.51. The molecule has 1 aromatic rings. The van der Waals surface area contributed by atoms with E-state index in [2.05, 4.69) is 0 Å². The minimum absolute atomic E-state index is 0.361. The lowest BCUT2D eigenvalue weighted by Crippen LogP contribution is -2.29. The van der Waals surface area contributed by atoms with Crippen molar-refractivity contribution in [2.75, 3.05) is 0 Å². The van der Waals surface area contributed by atoms with Gasteiger partial charge in [0.05, 0.1) is 0 Å². The highest BCUT2D eigenvalue weighted by Crippen LogP contribution is 2.18. The topological polar surface area (TPSA) is 75.7 Å². The van der Waals surface area contributed by atoms with Gasteiger partial charge in [-0.3, -0.25) is 0 Å². The van der Waals surface area contributed by atoms with Crippen LogP contribution < -0.4 is 15.9 Å². The molecule has 92 valence electrons. The van der Waals surface area contributed by atoms with Crippen LogP contribution in [0, 0.1) is 6.92 Å². The van der Waals surface area contributed by atoms with Gasteiger partial charge < -0.3 is 20.5 Å². The van der Waals surface area contributed by atoms with Crippen LogP contribution in [-0.2, 0) is 0 Å². The third-order valence-electron chi connectivity index (χ3n) is 2.68. The van der Waals surface area contributed by atoms with Crippen LogP contribution in [-0.4, -0.2) is 17.2 Å². The van der Waals surface area contributed by atoms with Gasteiger partial charge in [0.2, 0.25) is 0 Å². The van der Waals surface area contributed by atoms with Gasteiger partial charge in [0, 0.05) is 0 Å². The zero-order chi connectivity index (χ0) is 13.0. The van der Waals surface area contributed by atoms with Crippen molar-refractivity contribution in [1.82, 2.24) is 0 Å². The zero-order valence-corrected chi connectivity index (χ0v) is 10.4. The van der Waals surface area contributed by atoms with Crippen molar-refractivity contribution in [3.63, 3.8) is 0 Å². The lowest BCUT2D eigenvalue weighted by Gasteiger charge is -2.12. The van der Waals surface area contributed by atoms with Gasteiger partial charge in [-0.05, 0) is 42.9 Å². The summed E-state index contributed by atoms with van der Waals surface area (Å²) in [7, 11) is -1.50. The Morgan fingerprint density at radius 1 is 1.41 bits per heavy atom. The van der Waals surface area contributed by atoms with Gasteiger partial charge >= 0.3 is 7.12 Å². The van der Waals surface area contributed by atoms with E-state index in [0.29, 0.717) is 17.1 Å². The third-order valence-corrected chi connectivity index (χ3v) is 2.68.